The number of aliphatic carboxylic acids is 1. The number of nitrogens with zero attached hydrogens (tertiary/aromatic N) is 3. The maximum absolute atomic E-state index is 15.2. The van der Waals surface area contributed by atoms with Gasteiger partial charge in [-0.1, -0.05) is 65.5 Å². The number of hydrazine groups is 1. The summed E-state index contributed by atoms with van der Waals surface area (Å²) in [6, 6.07) is 11.9. The fourth-order valence-electron chi connectivity index (χ4n) is 9.02. The highest BCUT2D eigenvalue weighted by Crippen LogP contribution is 2.64. The van der Waals surface area contributed by atoms with Crippen LogP contribution in [-0.2, 0) is 35.6 Å². The number of carbonyl (C=O) groups excluding carboxylic acids is 4. The van der Waals surface area contributed by atoms with Crippen LogP contribution in [0, 0.1) is 30.6 Å². The van der Waals surface area contributed by atoms with Crippen molar-refractivity contribution >= 4 is 58.6 Å². The quantitative estimate of drug-likeness (QED) is 0.111. The summed E-state index contributed by atoms with van der Waals surface area (Å²) in [6.07, 6.45) is -0.932. The number of imide groups is 2. The Morgan fingerprint density at radius 3 is 2.36 bits per heavy atom. The first-order valence-electron chi connectivity index (χ1n) is 17.8. The molecule has 0 spiro atoms. The molecule has 2 saturated heterocycles. The Bertz CT molecular complexity index is 2150. The highest BCUT2D eigenvalue weighted by Gasteiger charge is 2.70. The van der Waals surface area contributed by atoms with E-state index in [1.807, 2.05) is 6.08 Å². The highest BCUT2D eigenvalue weighted by molar-refractivity contribution is 6.33. The van der Waals surface area contributed by atoms with E-state index in [1.54, 1.807) is 43.3 Å². The molecule has 1 saturated carbocycles. The van der Waals surface area contributed by atoms with Crippen LogP contribution in [0.25, 0.3) is 0 Å². The van der Waals surface area contributed by atoms with Gasteiger partial charge in [0.25, 0.3) is 11.8 Å². The van der Waals surface area contributed by atoms with Crippen molar-refractivity contribution in [3.63, 3.8) is 0 Å². The van der Waals surface area contributed by atoms with Gasteiger partial charge in [0.15, 0.2) is 5.82 Å². The minimum atomic E-state index is -4.76. The number of allylic oxidation sites excluding steroid dienone is 2. The molecule has 288 valence electrons. The van der Waals surface area contributed by atoms with Gasteiger partial charge < -0.3 is 10.2 Å². The number of benzene rings is 2. The number of unbranched alkanes of at least 4 members (excludes halogenated alkanes) is 2. The van der Waals surface area contributed by atoms with Crippen molar-refractivity contribution in [3.05, 3.63) is 98.7 Å². The Hall–Kier alpha value is -4.95. The second kappa shape index (κ2) is 14.3. The van der Waals surface area contributed by atoms with Crippen LogP contribution in [0.3, 0.4) is 0 Å². The Balaban J connectivity index is 1.35. The number of carbonyl (C=O) groups is 5. The molecule has 3 N–H and O–H groups in total. The lowest BCUT2D eigenvalue weighted by molar-refractivity contribution is -0.141. The molecule has 1 aromatic heterocycles. The maximum atomic E-state index is 15.2. The molecule has 3 aromatic rings. The van der Waals surface area contributed by atoms with E-state index in [9.17, 15) is 37.5 Å². The summed E-state index contributed by atoms with van der Waals surface area (Å²) in [5.41, 5.74) is 1.86. The highest BCUT2D eigenvalue weighted by atomic mass is 35.5. The van der Waals surface area contributed by atoms with Crippen LogP contribution in [0.4, 0.5) is 19.0 Å². The summed E-state index contributed by atoms with van der Waals surface area (Å²) in [5.74, 6) is -7.92. The Morgan fingerprint density at radius 2 is 1.71 bits per heavy atom. The second-order valence-electron chi connectivity index (χ2n) is 14.5. The van der Waals surface area contributed by atoms with Crippen LogP contribution < -0.4 is 5.43 Å². The smallest absolute Gasteiger partial charge is 0.417 e. The van der Waals surface area contributed by atoms with Crippen LogP contribution in [0.2, 0.25) is 10.0 Å². The van der Waals surface area contributed by atoms with Gasteiger partial charge in [-0.3, -0.25) is 34.3 Å². The first kappa shape index (κ1) is 38.3. The molecule has 6 atom stereocenters. The number of halogens is 5. The molecule has 2 aliphatic carbocycles. The van der Waals surface area contributed by atoms with Crippen molar-refractivity contribution in [1.29, 1.82) is 0 Å². The largest absolute Gasteiger partial charge is 0.508 e. The van der Waals surface area contributed by atoms with Crippen molar-refractivity contribution in [3.8, 4) is 5.75 Å². The Kier molecular flexibility index (Phi) is 9.95. The number of hydrogen-bond acceptors (Lipinski definition) is 8. The van der Waals surface area contributed by atoms with Crippen LogP contribution in [-0.4, -0.2) is 61.2 Å². The lowest BCUT2D eigenvalue weighted by Gasteiger charge is -2.50. The monoisotopic (exact) mass is 798 g/mol. The lowest BCUT2D eigenvalue weighted by Crippen LogP contribution is -2.53. The van der Waals surface area contributed by atoms with Crippen molar-refractivity contribution < 1.29 is 47.4 Å². The SMILES string of the molecule is Cc1cc(C2C3=CCC4C(=O)N(CCCCCC(=O)O)C(=O)C4C3CC3C(=O)N(Nc4ncc(C(F)(F)F)cc4Cl)C(=O)C32c2ccc(Cl)cc2)ccc1O. The van der Waals surface area contributed by atoms with Crippen molar-refractivity contribution in [1.82, 2.24) is 14.9 Å². The van der Waals surface area contributed by atoms with E-state index in [0.29, 0.717) is 58.8 Å². The molecule has 16 heteroatoms. The average Bonchev–Trinajstić information content (AvgIpc) is 3.50. The molecule has 11 nitrogen and oxygen atoms in total. The van der Waals surface area contributed by atoms with Crippen molar-refractivity contribution in [2.45, 2.75) is 63.0 Å². The molecule has 6 unspecified atom stereocenters. The zero-order valence-corrected chi connectivity index (χ0v) is 30.8. The van der Waals surface area contributed by atoms with Gasteiger partial charge in [0.2, 0.25) is 11.8 Å². The van der Waals surface area contributed by atoms with E-state index < -0.39 is 75.5 Å². The minimum Gasteiger partial charge on any atom is -0.508 e. The van der Waals surface area contributed by atoms with Crippen LogP contribution in [0.5, 0.6) is 5.75 Å². The molecule has 0 radical (unpaired) electrons. The number of rotatable bonds is 10. The van der Waals surface area contributed by atoms with Gasteiger partial charge in [0.1, 0.15) is 5.75 Å². The molecule has 3 fully saturated rings. The van der Waals surface area contributed by atoms with E-state index in [1.165, 1.54) is 11.0 Å². The van der Waals surface area contributed by atoms with Crippen molar-refractivity contribution in [2.24, 2.45) is 23.7 Å². The maximum Gasteiger partial charge on any atom is 0.417 e. The summed E-state index contributed by atoms with van der Waals surface area (Å²) in [6.45, 7) is 1.79. The standard InChI is InChI=1S/C39H35Cl2F3N4O7/c1-19-15-20(6-13-29(19)49)32-24-11-12-25-31(36(54)47(34(25)52)14-4-2-3-5-30(50)51)26(24)17-27-35(53)48(37(55)38(27,32)21-7-9-23(40)10-8-21)46-33-28(41)16-22(18-45-33)39(42,43)44/h6-11,13,15-16,18,25-27,31-32,49H,2-5,12,14,17H2,1H3,(H,45,46)(H,50,51). The average molecular weight is 800 g/mol. The lowest BCUT2D eigenvalue weighted by atomic mass is 9.49. The van der Waals surface area contributed by atoms with Gasteiger partial charge in [-0.2, -0.15) is 18.2 Å². The number of anilines is 1. The summed E-state index contributed by atoms with van der Waals surface area (Å²) in [4.78, 5) is 74.0. The number of aryl methyl sites for hydroxylation is 1. The molecular formula is C39H35Cl2F3N4O7. The van der Waals surface area contributed by atoms with Gasteiger partial charge in [-0.05, 0) is 79.5 Å². The molecule has 4 aliphatic rings. The van der Waals surface area contributed by atoms with E-state index in [2.05, 4.69) is 10.4 Å². The summed E-state index contributed by atoms with van der Waals surface area (Å²) in [5, 5.41) is 20.1. The number of pyridine rings is 1. The third kappa shape index (κ3) is 6.42. The predicted octanol–water partition coefficient (Wildman–Crippen LogP) is 7.05. The number of nitrogens with one attached hydrogen (secondary N) is 1. The molecule has 3 heterocycles. The summed E-state index contributed by atoms with van der Waals surface area (Å²) < 4.78 is 40.4. The number of fused-ring (bicyclic) bond motifs is 4. The van der Waals surface area contributed by atoms with E-state index >= 15 is 4.79 Å². The number of aromatic nitrogens is 1. The molecule has 55 heavy (non-hydrogen) atoms. The Labute approximate surface area is 323 Å². The number of phenolic OH excluding ortho intramolecular Hbond substituents is 1. The van der Waals surface area contributed by atoms with Crippen LogP contribution in [0.15, 0.2) is 66.4 Å². The molecule has 7 rings (SSSR count). The number of carboxylic acids is 1. The number of phenols is 1. The van der Waals surface area contributed by atoms with E-state index in [0.717, 1.165) is 5.01 Å². The normalized spacial score (nSPS) is 26.1. The van der Waals surface area contributed by atoms with E-state index in [4.69, 9.17) is 28.3 Å². The minimum absolute atomic E-state index is 0.0124. The fourth-order valence-corrected chi connectivity index (χ4v) is 9.36. The number of amides is 4. The molecule has 2 aromatic carbocycles. The molecule has 0 bridgehead atoms. The Morgan fingerprint density at radius 1 is 0.982 bits per heavy atom. The third-order valence-corrected chi connectivity index (χ3v) is 12.0. The van der Waals surface area contributed by atoms with Gasteiger partial charge >= 0.3 is 12.1 Å². The molecular weight excluding hydrogens is 764 g/mol. The third-order valence-electron chi connectivity index (χ3n) is 11.5. The van der Waals surface area contributed by atoms with Gasteiger partial charge in [0.05, 0.1) is 33.8 Å². The molecule has 4 amide bonds. The predicted molar refractivity (Wildman–Crippen MR) is 193 cm³/mol. The van der Waals surface area contributed by atoms with Gasteiger partial charge in [0, 0.05) is 30.1 Å². The topological polar surface area (TPSA) is 157 Å². The van der Waals surface area contributed by atoms with Crippen LogP contribution >= 0.6 is 23.2 Å². The number of alkyl halides is 3. The first-order chi connectivity index (χ1) is 26.0. The summed E-state index contributed by atoms with van der Waals surface area (Å²) >= 11 is 12.5. The van der Waals surface area contributed by atoms with Gasteiger partial charge in [-0.25, -0.2) is 4.98 Å². The molecule has 2 aliphatic heterocycles. The first-order valence-corrected chi connectivity index (χ1v) is 18.5. The number of aromatic hydroxyl groups is 1. The summed E-state index contributed by atoms with van der Waals surface area (Å²) in [7, 11) is 0. The fraction of sp³-hybridized carbons (Fsp3) is 0.385. The van der Waals surface area contributed by atoms with E-state index in [-0.39, 0.29) is 43.3 Å². The second-order valence-corrected chi connectivity index (χ2v) is 15.3. The number of hydrogen-bond donors (Lipinski definition) is 3. The van der Waals surface area contributed by atoms with Crippen LogP contribution in [0.1, 0.15) is 66.7 Å². The number of likely N-dealkylation sites (tertiary alicyclic amines) is 1. The number of carboxylic acid groups (broad SMARTS) is 1. The zero-order valence-electron chi connectivity index (χ0n) is 29.3. The van der Waals surface area contributed by atoms with Gasteiger partial charge in [-0.15, -0.1) is 0 Å². The zero-order chi connectivity index (χ0) is 39.6. The van der Waals surface area contributed by atoms with Crippen molar-refractivity contribution in [2.75, 3.05) is 12.0 Å².